The quantitative estimate of drug-likeness (QED) is 0.524. The maximum Gasteiger partial charge on any atom is 0.235 e. The van der Waals surface area contributed by atoms with Gasteiger partial charge in [0.2, 0.25) is 4.96 Å². The summed E-state index contributed by atoms with van der Waals surface area (Å²) in [4.78, 5) is 0.726. The Hall–Kier alpha value is -2.70. The summed E-state index contributed by atoms with van der Waals surface area (Å²) in [6.45, 7) is 0. The van der Waals surface area contributed by atoms with Crippen LogP contribution >= 0.6 is 22.9 Å². The van der Waals surface area contributed by atoms with Crippen LogP contribution in [-0.4, -0.2) is 26.9 Å². The molecule has 2 aromatic heterocycles. The van der Waals surface area contributed by atoms with Gasteiger partial charge in [-0.25, -0.2) is 0 Å². The number of benzene rings is 2. The van der Waals surface area contributed by atoms with Crippen LogP contribution in [0.25, 0.3) is 28.5 Å². The van der Waals surface area contributed by atoms with Crippen molar-refractivity contribution >= 4 is 40.1 Å². The molecule has 5 nitrogen and oxygen atoms in total. The van der Waals surface area contributed by atoms with Crippen molar-refractivity contribution in [1.29, 1.82) is 0 Å². The normalized spacial score (nSPS) is 11.4. The largest absolute Gasteiger partial charge is 0.497 e. The second kappa shape index (κ2) is 6.66. The first-order valence-corrected chi connectivity index (χ1v) is 8.73. The van der Waals surface area contributed by atoms with Crippen molar-refractivity contribution in [2.75, 3.05) is 7.11 Å². The molecular weight excluding hydrogens is 356 g/mol. The predicted octanol–water partition coefficient (Wildman–Crippen LogP) is 4.69. The number of methoxy groups -OCH3 is 1. The van der Waals surface area contributed by atoms with Crippen molar-refractivity contribution in [1.82, 2.24) is 19.8 Å². The molecule has 0 unspecified atom stereocenters. The van der Waals surface area contributed by atoms with E-state index in [1.807, 2.05) is 60.7 Å². The number of ether oxygens (including phenoxy) is 1. The van der Waals surface area contributed by atoms with E-state index in [0.717, 1.165) is 26.8 Å². The molecule has 0 saturated carbocycles. The van der Waals surface area contributed by atoms with Gasteiger partial charge >= 0.3 is 0 Å². The molecule has 2 aromatic carbocycles. The molecule has 0 atom stereocenters. The number of hydrogen-bond donors (Lipinski definition) is 0. The summed E-state index contributed by atoms with van der Waals surface area (Å²) in [5.41, 5.74) is 1.88. The molecule has 0 aliphatic carbocycles. The van der Waals surface area contributed by atoms with Gasteiger partial charge < -0.3 is 4.74 Å². The van der Waals surface area contributed by atoms with E-state index in [9.17, 15) is 0 Å². The second-order valence-corrected chi connectivity index (χ2v) is 6.64. The van der Waals surface area contributed by atoms with Gasteiger partial charge in [-0.3, -0.25) is 0 Å². The third-order valence-corrected chi connectivity index (χ3v) is 4.85. The lowest BCUT2D eigenvalue weighted by atomic mass is 10.2. The fraction of sp³-hybridized carbons (Fsp3) is 0.0556. The Labute approximate surface area is 153 Å². The Kier molecular flexibility index (Phi) is 4.21. The summed E-state index contributed by atoms with van der Waals surface area (Å²) in [7, 11) is 1.65. The zero-order valence-electron chi connectivity index (χ0n) is 13.3. The molecular formula is C18H13ClN4OS. The molecule has 0 aliphatic heterocycles. The Morgan fingerprint density at radius 2 is 1.84 bits per heavy atom. The number of fused-ring (bicyclic) bond motifs is 1. The van der Waals surface area contributed by atoms with Crippen LogP contribution in [0, 0.1) is 0 Å². The Morgan fingerprint density at radius 1 is 1.04 bits per heavy atom. The third kappa shape index (κ3) is 3.14. The predicted molar refractivity (Wildman–Crippen MR) is 101 cm³/mol. The summed E-state index contributed by atoms with van der Waals surface area (Å²) in [5.74, 6) is 1.47. The number of halogens is 1. The SMILES string of the molecule is COc1ccc(C=Cc2nn3c(-c4ccccc4Cl)nnc3s2)cc1. The van der Waals surface area contributed by atoms with Crippen molar-refractivity contribution in [2.24, 2.45) is 0 Å². The fourth-order valence-corrected chi connectivity index (χ4v) is 3.35. The van der Waals surface area contributed by atoms with E-state index in [4.69, 9.17) is 16.3 Å². The van der Waals surface area contributed by atoms with Crippen LogP contribution in [0.5, 0.6) is 5.75 Å². The molecule has 0 fully saturated rings. The first-order chi connectivity index (χ1) is 12.2. The minimum Gasteiger partial charge on any atom is -0.497 e. The lowest BCUT2D eigenvalue weighted by Gasteiger charge is -1.99. The van der Waals surface area contributed by atoms with E-state index in [0.29, 0.717) is 10.8 Å². The fourth-order valence-electron chi connectivity index (χ4n) is 2.39. The molecule has 0 N–H and O–H groups in total. The van der Waals surface area contributed by atoms with Crippen LogP contribution < -0.4 is 4.74 Å². The summed E-state index contributed by atoms with van der Waals surface area (Å²) >= 11 is 7.73. The molecule has 4 aromatic rings. The van der Waals surface area contributed by atoms with Gasteiger partial charge in [0, 0.05) is 5.56 Å². The van der Waals surface area contributed by atoms with Gasteiger partial charge in [-0.1, -0.05) is 53.3 Å². The molecule has 0 bridgehead atoms. The topological polar surface area (TPSA) is 52.3 Å². The van der Waals surface area contributed by atoms with Gasteiger partial charge in [0.05, 0.1) is 12.1 Å². The molecule has 0 saturated heterocycles. The average Bonchev–Trinajstić information content (AvgIpc) is 3.21. The first-order valence-electron chi connectivity index (χ1n) is 7.54. The minimum absolute atomic E-state index is 0.625. The number of rotatable bonds is 4. The van der Waals surface area contributed by atoms with Crippen molar-refractivity contribution in [3.8, 4) is 17.1 Å². The summed E-state index contributed by atoms with van der Waals surface area (Å²) < 4.78 is 6.88. The number of nitrogens with zero attached hydrogens (tertiary/aromatic N) is 4. The van der Waals surface area contributed by atoms with Gasteiger partial charge in [-0.15, -0.1) is 10.2 Å². The van der Waals surface area contributed by atoms with E-state index in [-0.39, 0.29) is 0 Å². The van der Waals surface area contributed by atoms with E-state index in [1.165, 1.54) is 11.3 Å². The molecule has 7 heteroatoms. The number of aromatic nitrogens is 4. The number of hydrogen-bond acceptors (Lipinski definition) is 5. The van der Waals surface area contributed by atoms with Gasteiger partial charge in [0.25, 0.3) is 0 Å². The van der Waals surface area contributed by atoms with Crippen molar-refractivity contribution in [2.45, 2.75) is 0 Å². The van der Waals surface area contributed by atoms with Crippen molar-refractivity contribution < 1.29 is 4.74 Å². The van der Waals surface area contributed by atoms with E-state index in [1.54, 1.807) is 11.6 Å². The van der Waals surface area contributed by atoms with Crippen LogP contribution in [0.1, 0.15) is 10.6 Å². The van der Waals surface area contributed by atoms with E-state index < -0.39 is 0 Å². The van der Waals surface area contributed by atoms with Crippen LogP contribution in [0.3, 0.4) is 0 Å². The molecule has 0 aliphatic rings. The zero-order chi connectivity index (χ0) is 17.2. The minimum atomic E-state index is 0.625. The van der Waals surface area contributed by atoms with Gasteiger partial charge in [0.15, 0.2) is 5.82 Å². The van der Waals surface area contributed by atoms with Crippen molar-refractivity contribution in [3.05, 3.63) is 64.1 Å². The highest BCUT2D eigenvalue weighted by Gasteiger charge is 2.14. The molecule has 2 heterocycles. The van der Waals surface area contributed by atoms with E-state index in [2.05, 4.69) is 15.3 Å². The monoisotopic (exact) mass is 368 g/mol. The molecule has 0 radical (unpaired) electrons. The van der Waals surface area contributed by atoms with Crippen LogP contribution in [0.4, 0.5) is 0 Å². The lowest BCUT2D eigenvalue weighted by Crippen LogP contribution is -1.91. The van der Waals surface area contributed by atoms with Crippen molar-refractivity contribution in [3.63, 3.8) is 0 Å². The smallest absolute Gasteiger partial charge is 0.235 e. The van der Waals surface area contributed by atoms with E-state index >= 15 is 0 Å². The lowest BCUT2D eigenvalue weighted by molar-refractivity contribution is 0.415. The average molecular weight is 369 g/mol. The zero-order valence-corrected chi connectivity index (χ0v) is 14.8. The maximum absolute atomic E-state index is 6.26. The van der Waals surface area contributed by atoms with Gasteiger partial charge in [0.1, 0.15) is 10.8 Å². The summed E-state index contributed by atoms with van der Waals surface area (Å²) in [6, 6.07) is 15.4. The third-order valence-electron chi connectivity index (χ3n) is 3.66. The summed E-state index contributed by atoms with van der Waals surface area (Å²) in [5, 5.41) is 14.4. The first kappa shape index (κ1) is 15.8. The molecule has 0 amide bonds. The van der Waals surface area contributed by atoms with Crippen LogP contribution in [-0.2, 0) is 0 Å². The highest BCUT2D eigenvalue weighted by Crippen LogP contribution is 2.28. The molecule has 4 rings (SSSR count). The molecule has 25 heavy (non-hydrogen) atoms. The Balaban J connectivity index is 1.66. The Morgan fingerprint density at radius 3 is 2.60 bits per heavy atom. The Bertz CT molecular complexity index is 1050. The van der Waals surface area contributed by atoms with Crippen LogP contribution in [0.15, 0.2) is 48.5 Å². The highest BCUT2D eigenvalue weighted by atomic mass is 35.5. The highest BCUT2D eigenvalue weighted by molar-refractivity contribution is 7.17. The van der Waals surface area contributed by atoms with Crippen LogP contribution in [0.2, 0.25) is 5.02 Å². The molecule has 0 spiro atoms. The second-order valence-electron chi connectivity index (χ2n) is 5.24. The van der Waals surface area contributed by atoms with Gasteiger partial charge in [-0.05, 0) is 35.9 Å². The standard InChI is InChI=1S/C18H13ClN4OS/c1-24-13-9-6-12(7-10-13)8-11-16-22-23-17(20-21-18(23)25-16)14-4-2-3-5-15(14)19/h2-11H,1H3. The summed E-state index contributed by atoms with van der Waals surface area (Å²) in [6.07, 6.45) is 3.96. The maximum atomic E-state index is 6.26. The molecule has 124 valence electrons. The van der Waals surface area contributed by atoms with Gasteiger partial charge in [-0.2, -0.15) is 9.61 Å².